The van der Waals surface area contributed by atoms with E-state index in [0.29, 0.717) is 6.54 Å². The van der Waals surface area contributed by atoms with Gasteiger partial charge in [-0.2, -0.15) is 5.48 Å². The van der Waals surface area contributed by atoms with Crippen LogP contribution in [0.5, 0.6) is 0 Å². The van der Waals surface area contributed by atoms with Gasteiger partial charge in [-0.1, -0.05) is 22.0 Å². The Morgan fingerprint density at radius 3 is 3.00 bits per heavy atom. The lowest BCUT2D eigenvalue weighted by atomic mass is 10.2. The molecule has 0 aliphatic rings. The van der Waals surface area contributed by atoms with E-state index in [1.807, 2.05) is 24.3 Å². The molecule has 0 radical (unpaired) electrons. The summed E-state index contributed by atoms with van der Waals surface area (Å²) < 4.78 is 1.05. The number of H-pyrrole nitrogens is 1. The fourth-order valence-electron chi connectivity index (χ4n) is 1.34. The molecule has 0 fully saturated rings. The highest BCUT2D eigenvalue weighted by Crippen LogP contribution is 2.20. The molecule has 1 aromatic carbocycles. The van der Waals surface area contributed by atoms with Crippen LogP contribution in [0.2, 0.25) is 0 Å². The van der Waals surface area contributed by atoms with Gasteiger partial charge < -0.3 is 10.2 Å². The Morgan fingerprint density at radius 1 is 1.38 bits per heavy atom. The summed E-state index contributed by atoms with van der Waals surface area (Å²) in [5.74, 6) is 0. The molecule has 0 saturated carbocycles. The first-order valence-corrected chi connectivity index (χ1v) is 4.73. The van der Waals surface area contributed by atoms with Gasteiger partial charge in [0.25, 0.3) is 0 Å². The molecule has 0 atom stereocenters. The van der Waals surface area contributed by atoms with E-state index < -0.39 is 0 Å². The number of nitrogens with one attached hydrogen (secondary N) is 2. The maximum atomic E-state index is 8.52. The van der Waals surface area contributed by atoms with Crippen molar-refractivity contribution in [3.63, 3.8) is 0 Å². The first-order chi connectivity index (χ1) is 6.29. The van der Waals surface area contributed by atoms with Crippen molar-refractivity contribution in [2.45, 2.75) is 6.54 Å². The van der Waals surface area contributed by atoms with E-state index >= 15 is 0 Å². The van der Waals surface area contributed by atoms with Gasteiger partial charge in [0, 0.05) is 15.7 Å². The van der Waals surface area contributed by atoms with E-state index in [4.69, 9.17) is 5.21 Å². The maximum absolute atomic E-state index is 8.52. The summed E-state index contributed by atoms with van der Waals surface area (Å²) in [6.07, 6.45) is 0. The largest absolute Gasteiger partial charge is 0.357 e. The van der Waals surface area contributed by atoms with Crippen LogP contribution in [0.1, 0.15) is 5.69 Å². The van der Waals surface area contributed by atoms with Crippen LogP contribution in [0.3, 0.4) is 0 Å². The van der Waals surface area contributed by atoms with Gasteiger partial charge >= 0.3 is 0 Å². The van der Waals surface area contributed by atoms with Gasteiger partial charge in [0.2, 0.25) is 0 Å². The van der Waals surface area contributed by atoms with Gasteiger partial charge in [-0.3, -0.25) is 0 Å². The molecule has 4 heteroatoms. The topological polar surface area (TPSA) is 48.0 Å². The van der Waals surface area contributed by atoms with Crippen LogP contribution in [0.4, 0.5) is 0 Å². The number of aromatic amines is 1. The predicted octanol–water partition coefficient (Wildman–Crippen LogP) is 2.41. The van der Waals surface area contributed by atoms with Gasteiger partial charge in [0.15, 0.2) is 0 Å². The molecular weight excluding hydrogens is 232 g/mol. The summed E-state index contributed by atoms with van der Waals surface area (Å²) in [7, 11) is 0. The first-order valence-electron chi connectivity index (χ1n) is 3.94. The third kappa shape index (κ3) is 1.75. The minimum Gasteiger partial charge on any atom is -0.357 e. The quantitative estimate of drug-likeness (QED) is 0.707. The van der Waals surface area contributed by atoms with E-state index in [9.17, 15) is 0 Å². The SMILES string of the molecule is ONCc1cc2ccc(Br)cc2[nH]1. The monoisotopic (exact) mass is 240 g/mol. The highest BCUT2D eigenvalue weighted by atomic mass is 79.9. The number of hydroxylamine groups is 1. The second-order valence-corrected chi connectivity index (χ2v) is 3.78. The van der Waals surface area contributed by atoms with Gasteiger partial charge in [-0.05, 0) is 23.6 Å². The second kappa shape index (κ2) is 3.49. The number of aromatic nitrogens is 1. The molecule has 3 N–H and O–H groups in total. The van der Waals surface area contributed by atoms with Crippen LogP contribution in [0.15, 0.2) is 28.7 Å². The van der Waals surface area contributed by atoms with Crippen molar-refractivity contribution < 1.29 is 5.21 Å². The third-order valence-electron chi connectivity index (χ3n) is 1.91. The van der Waals surface area contributed by atoms with Gasteiger partial charge in [0.05, 0.1) is 6.54 Å². The zero-order valence-corrected chi connectivity index (χ0v) is 8.43. The summed E-state index contributed by atoms with van der Waals surface area (Å²) in [4.78, 5) is 3.18. The molecule has 2 aromatic rings. The van der Waals surface area contributed by atoms with Crippen LogP contribution >= 0.6 is 15.9 Å². The van der Waals surface area contributed by atoms with Gasteiger partial charge in [-0.25, -0.2) is 0 Å². The molecule has 13 heavy (non-hydrogen) atoms. The highest BCUT2D eigenvalue weighted by molar-refractivity contribution is 9.10. The molecule has 1 aromatic heterocycles. The van der Waals surface area contributed by atoms with E-state index in [0.717, 1.165) is 21.1 Å². The molecule has 0 aliphatic heterocycles. The average Bonchev–Trinajstić information content (AvgIpc) is 2.46. The number of hydrogen-bond donors (Lipinski definition) is 3. The van der Waals surface area contributed by atoms with E-state index in [2.05, 4.69) is 26.4 Å². The molecule has 0 bridgehead atoms. The Hall–Kier alpha value is -0.840. The Bertz CT molecular complexity index is 424. The molecule has 0 saturated heterocycles. The average molecular weight is 241 g/mol. The van der Waals surface area contributed by atoms with Crippen molar-refractivity contribution in [3.8, 4) is 0 Å². The van der Waals surface area contributed by atoms with Crippen LogP contribution in [-0.2, 0) is 6.54 Å². The number of rotatable bonds is 2. The van der Waals surface area contributed by atoms with Crippen LogP contribution in [-0.4, -0.2) is 10.2 Å². The number of fused-ring (bicyclic) bond motifs is 1. The minimum atomic E-state index is 0.437. The third-order valence-corrected chi connectivity index (χ3v) is 2.40. The Balaban J connectivity index is 2.49. The molecule has 1 heterocycles. The van der Waals surface area contributed by atoms with E-state index in [1.165, 1.54) is 0 Å². The standard InChI is InChI=1S/C9H9BrN2O/c10-7-2-1-6-3-8(5-11-13)12-9(6)4-7/h1-4,11-13H,5H2. The summed E-state index contributed by atoms with van der Waals surface area (Å²) in [5.41, 5.74) is 4.15. The van der Waals surface area contributed by atoms with E-state index in [-0.39, 0.29) is 0 Å². The van der Waals surface area contributed by atoms with Gasteiger partial charge in [-0.15, -0.1) is 0 Å². The lowest BCUT2D eigenvalue weighted by Gasteiger charge is -1.91. The van der Waals surface area contributed by atoms with Crippen molar-refractivity contribution in [3.05, 3.63) is 34.4 Å². The molecule has 0 amide bonds. The lowest BCUT2D eigenvalue weighted by molar-refractivity contribution is 0.160. The van der Waals surface area contributed by atoms with Crippen molar-refractivity contribution >= 4 is 26.8 Å². The zero-order valence-electron chi connectivity index (χ0n) is 6.84. The number of hydrogen-bond acceptors (Lipinski definition) is 2. The summed E-state index contributed by atoms with van der Waals surface area (Å²) in [6.45, 7) is 0.437. The predicted molar refractivity (Wildman–Crippen MR) is 54.6 cm³/mol. The smallest absolute Gasteiger partial charge is 0.0609 e. The fourth-order valence-corrected chi connectivity index (χ4v) is 1.70. The van der Waals surface area contributed by atoms with Crippen molar-refractivity contribution in [2.75, 3.05) is 0 Å². The number of benzene rings is 1. The number of halogens is 1. The molecule has 0 spiro atoms. The molecule has 2 rings (SSSR count). The second-order valence-electron chi connectivity index (χ2n) is 2.86. The lowest BCUT2D eigenvalue weighted by Crippen LogP contribution is -2.05. The van der Waals surface area contributed by atoms with Crippen molar-refractivity contribution in [1.29, 1.82) is 0 Å². The minimum absolute atomic E-state index is 0.437. The maximum Gasteiger partial charge on any atom is 0.0609 e. The van der Waals surface area contributed by atoms with Crippen molar-refractivity contribution in [2.24, 2.45) is 0 Å². The highest BCUT2D eigenvalue weighted by Gasteiger charge is 1.99. The Labute approximate surface area is 83.9 Å². The Kier molecular flexibility index (Phi) is 2.35. The fraction of sp³-hybridized carbons (Fsp3) is 0.111. The van der Waals surface area contributed by atoms with Crippen LogP contribution < -0.4 is 5.48 Å². The van der Waals surface area contributed by atoms with Crippen LogP contribution in [0.25, 0.3) is 10.9 Å². The van der Waals surface area contributed by atoms with Crippen LogP contribution in [0, 0.1) is 0 Å². The molecule has 68 valence electrons. The Morgan fingerprint density at radius 2 is 2.23 bits per heavy atom. The van der Waals surface area contributed by atoms with E-state index in [1.54, 1.807) is 0 Å². The molecule has 0 aliphatic carbocycles. The molecule has 0 unspecified atom stereocenters. The zero-order chi connectivity index (χ0) is 9.26. The molecule has 3 nitrogen and oxygen atoms in total. The normalized spacial score (nSPS) is 10.9. The molecular formula is C9H9BrN2O. The summed E-state index contributed by atoms with van der Waals surface area (Å²) in [6, 6.07) is 8.03. The summed E-state index contributed by atoms with van der Waals surface area (Å²) >= 11 is 3.40. The summed E-state index contributed by atoms with van der Waals surface area (Å²) in [5, 5.41) is 9.67. The first kappa shape index (κ1) is 8.74. The van der Waals surface area contributed by atoms with Gasteiger partial charge in [0.1, 0.15) is 0 Å². The van der Waals surface area contributed by atoms with Crippen molar-refractivity contribution in [1.82, 2.24) is 10.5 Å².